The lowest BCUT2D eigenvalue weighted by atomic mass is 10.0. The Morgan fingerprint density at radius 3 is 2.81 bits per heavy atom. The lowest BCUT2D eigenvalue weighted by Gasteiger charge is -2.11. The summed E-state index contributed by atoms with van der Waals surface area (Å²) in [4.78, 5) is 12.0. The summed E-state index contributed by atoms with van der Waals surface area (Å²) < 4.78 is 3.43. The fourth-order valence-electron chi connectivity index (χ4n) is 2.14. The van der Waals surface area contributed by atoms with E-state index in [0.29, 0.717) is 12.5 Å². The normalized spacial score (nSPS) is 15.4. The van der Waals surface area contributed by atoms with Crippen molar-refractivity contribution in [3.05, 3.63) is 16.3 Å². The van der Waals surface area contributed by atoms with Crippen molar-refractivity contribution in [1.82, 2.24) is 19.7 Å². The first-order valence-corrected chi connectivity index (χ1v) is 6.13. The van der Waals surface area contributed by atoms with Crippen LogP contribution in [-0.2, 0) is 19.6 Å². The van der Waals surface area contributed by atoms with E-state index in [2.05, 4.69) is 24.3 Å². The van der Waals surface area contributed by atoms with Gasteiger partial charge in [-0.1, -0.05) is 26.7 Å². The number of nitrogens with one attached hydrogen (secondary N) is 1. The lowest BCUT2D eigenvalue weighted by Crippen LogP contribution is -2.34. The topological polar surface area (TPSA) is 51.9 Å². The van der Waals surface area contributed by atoms with Crippen molar-refractivity contribution in [3.63, 3.8) is 0 Å². The Balaban J connectivity index is 2.22. The van der Waals surface area contributed by atoms with Gasteiger partial charge in [-0.15, -0.1) is 0 Å². The molecule has 2 heterocycles. The van der Waals surface area contributed by atoms with Gasteiger partial charge in [0.15, 0.2) is 0 Å². The third-order valence-corrected chi connectivity index (χ3v) is 3.38. The first-order chi connectivity index (χ1) is 7.76. The van der Waals surface area contributed by atoms with Gasteiger partial charge in [0.2, 0.25) is 0 Å². The third-order valence-electron chi connectivity index (χ3n) is 3.38. The van der Waals surface area contributed by atoms with E-state index in [0.717, 1.165) is 38.3 Å². The fourth-order valence-corrected chi connectivity index (χ4v) is 2.14. The largest absolute Gasteiger partial charge is 0.346 e. The Hall–Kier alpha value is -1.10. The zero-order valence-corrected chi connectivity index (χ0v) is 10.1. The molecule has 0 saturated heterocycles. The Morgan fingerprint density at radius 2 is 2.19 bits per heavy atom. The van der Waals surface area contributed by atoms with E-state index in [1.807, 2.05) is 0 Å². The molecule has 16 heavy (non-hydrogen) atoms. The van der Waals surface area contributed by atoms with Crippen LogP contribution in [0.2, 0.25) is 0 Å². The van der Waals surface area contributed by atoms with E-state index in [9.17, 15) is 4.79 Å². The molecule has 0 amide bonds. The van der Waals surface area contributed by atoms with E-state index >= 15 is 0 Å². The van der Waals surface area contributed by atoms with Crippen LogP contribution in [0.5, 0.6) is 0 Å². The van der Waals surface area contributed by atoms with Crippen LogP contribution >= 0.6 is 0 Å². The molecule has 0 spiro atoms. The van der Waals surface area contributed by atoms with Gasteiger partial charge < -0.3 is 5.32 Å². The molecule has 1 aromatic heterocycles. The number of hydrogen-bond acceptors (Lipinski definition) is 3. The van der Waals surface area contributed by atoms with Crippen molar-refractivity contribution in [2.75, 3.05) is 6.54 Å². The van der Waals surface area contributed by atoms with E-state index in [1.54, 1.807) is 9.25 Å². The predicted molar refractivity (Wildman–Crippen MR) is 62.3 cm³/mol. The summed E-state index contributed by atoms with van der Waals surface area (Å²) >= 11 is 0. The van der Waals surface area contributed by atoms with Crippen LogP contribution < -0.4 is 11.0 Å². The molecule has 90 valence electrons. The number of aromatic nitrogens is 3. The standard InChI is InChI=1S/C11H20N4O/c1-3-9(4-2)8-15-11(16)14-6-5-12-7-10(14)13-15/h9,12H,3-8H2,1-2H3. The van der Waals surface area contributed by atoms with Gasteiger partial charge in [-0.3, -0.25) is 4.57 Å². The summed E-state index contributed by atoms with van der Waals surface area (Å²) in [5.74, 6) is 1.44. The molecule has 5 heteroatoms. The van der Waals surface area contributed by atoms with Gasteiger partial charge in [0, 0.05) is 19.6 Å². The molecular formula is C11H20N4O. The van der Waals surface area contributed by atoms with Gasteiger partial charge in [-0.05, 0) is 5.92 Å². The maximum Gasteiger partial charge on any atom is 0.346 e. The molecule has 5 nitrogen and oxygen atoms in total. The Morgan fingerprint density at radius 1 is 1.44 bits per heavy atom. The minimum atomic E-state index is 0.0587. The predicted octanol–water partition coefficient (Wildman–Crippen LogP) is 0.584. The van der Waals surface area contributed by atoms with Gasteiger partial charge >= 0.3 is 5.69 Å². The summed E-state index contributed by atoms with van der Waals surface area (Å²) in [7, 11) is 0. The quantitative estimate of drug-likeness (QED) is 0.814. The maximum atomic E-state index is 12.0. The Kier molecular flexibility index (Phi) is 3.43. The SMILES string of the molecule is CCC(CC)Cn1nc2n(c1=O)CCNC2. The van der Waals surface area contributed by atoms with Crippen LogP contribution in [0.3, 0.4) is 0 Å². The molecule has 0 bridgehead atoms. The van der Waals surface area contributed by atoms with E-state index in [-0.39, 0.29) is 5.69 Å². The maximum absolute atomic E-state index is 12.0. The molecule has 0 fully saturated rings. The number of fused-ring (bicyclic) bond motifs is 1. The van der Waals surface area contributed by atoms with E-state index < -0.39 is 0 Å². The van der Waals surface area contributed by atoms with Gasteiger partial charge in [0.25, 0.3) is 0 Å². The summed E-state index contributed by atoms with van der Waals surface area (Å²) in [6, 6.07) is 0. The highest BCUT2D eigenvalue weighted by Gasteiger charge is 2.17. The minimum Gasteiger partial charge on any atom is -0.308 e. The molecular weight excluding hydrogens is 204 g/mol. The average Bonchev–Trinajstić information content (AvgIpc) is 2.64. The summed E-state index contributed by atoms with van der Waals surface area (Å²) in [6.45, 7) is 7.41. The Labute approximate surface area is 95.5 Å². The van der Waals surface area contributed by atoms with Gasteiger partial charge in [-0.2, -0.15) is 5.10 Å². The molecule has 2 rings (SSSR count). The average molecular weight is 224 g/mol. The lowest BCUT2D eigenvalue weighted by molar-refractivity contribution is 0.386. The summed E-state index contributed by atoms with van der Waals surface area (Å²) in [5, 5.41) is 7.62. The smallest absolute Gasteiger partial charge is 0.308 e. The molecule has 0 aliphatic carbocycles. The van der Waals surface area contributed by atoms with Crippen molar-refractivity contribution >= 4 is 0 Å². The zero-order chi connectivity index (χ0) is 11.5. The number of hydrogen-bond donors (Lipinski definition) is 1. The highest BCUT2D eigenvalue weighted by atomic mass is 16.2. The molecule has 1 aromatic rings. The first-order valence-electron chi connectivity index (χ1n) is 6.13. The van der Waals surface area contributed by atoms with Crippen LogP contribution in [0.1, 0.15) is 32.5 Å². The highest BCUT2D eigenvalue weighted by Crippen LogP contribution is 2.09. The minimum absolute atomic E-state index is 0.0587. The number of nitrogens with zero attached hydrogens (tertiary/aromatic N) is 3. The van der Waals surface area contributed by atoms with Gasteiger partial charge in [-0.25, -0.2) is 9.48 Å². The van der Waals surface area contributed by atoms with Gasteiger partial charge in [0.05, 0.1) is 6.54 Å². The monoisotopic (exact) mass is 224 g/mol. The molecule has 1 N–H and O–H groups in total. The summed E-state index contributed by atoms with van der Waals surface area (Å²) in [6.07, 6.45) is 2.20. The molecule has 1 aliphatic heterocycles. The molecule has 0 saturated carbocycles. The molecule has 0 radical (unpaired) electrons. The molecule has 1 aliphatic rings. The van der Waals surface area contributed by atoms with Crippen LogP contribution in [0, 0.1) is 5.92 Å². The fraction of sp³-hybridized carbons (Fsp3) is 0.818. The van der Waals surface area contributed by atoms with Crippen LogP contribution in [0.4, 0.5) is 0 Å². The molecule has 0 atom stereocenters. The summed E-state index contributed by atoms with van der Waals surface area (Å²) in [5.41, 5.74) is 0.0587. The van der Waals surface area contributed by atoms with Crippen LogP contribution in [0.25, 0.3) is 0 Å². The third kappa shape index (κ3) is 2.04. The van der Waals surface area contributed by atoms with Crippen molar-refractivity contribution < 1.29 is 0 Å². The van der Waals surface area contributed by atoms with E-state index in [1.165, 1.54) is 0 Å². The second kappa shape index (κ2) is 4.82. The second-order valence-corrected chi connectivity index (χ2v) is 4.39. The molecule has 0 aromatic carbocycles. The highest BCUT2D eigenvalue weighted by molar-refractivity contribution is 4.90. The van der Waals surface area contributed by atoms with E-state index in [4.69, 9.17) is 0 Å². The van der Waals surface area contributed by atoms with Crippen LogP contribution in [-0.4, -0.2) is 20.9 Å². The van der Waals surface area contributed by atoms with Gasteiger partial charge in [0.1, 0.15) is 5.82 Å². The van der Waals surface area contributed by atoms with Crippen molar-refractivity contribution in [1.29, 1.82) is 0 Å². The Bertz CT molecular complexity index is 403. The van der Waals surface area contributed by atoms with Crippen molar-refractivity contribution in [2.45, 2.75) is 46.3 Å². The number of rotatable bonds is 4. The second-order valence-electron chi connectivity index (χ2n) is 4.39. The van der Waals surface area contributed by atoms with Crippen molar-refractivity contribution in [2.24, 2.45) is 5.92 Å². The van der Waals surface area contributed by atoms with Crippen molar-refractivity contribution in [3.8, 4) is 0 Å². The zero-order valence-electron chi connectivity index (χ0n) is 10.1. The molecule has 0 unspecified atom stereocenters. The first kappa shape index (κ1) is 11.4. The van der Waals surface area contributed by atoms with Crippen LogP contribution in [0.15, 0.2) is 4.79 Å².